The monoisotopic (exact) mass is 369 g/mol. The number of aliphatic imine (C=N–C) groups is 1. The topological polar surface area (TPSA) is 12.4 Å². The lowest BCUT2D eigenvalue weighted by Gasteiger charge is -2.12. The van der Waals surface area contributed by atoms with Crippen molar-refractivity contribution in [3.8, 4) is 0 Å². The minimum atomic E-state index is 0.946. The summed E-state index contributed by atoms with van der Waals surface area (Å²) < 4.78 is 0. The zero-order chi connectivity index (χ0) is 19.8. The molecule has 2 aromatic rings. The quantitative estimate of drug-likeness (QED) is 0.489. The summed E-state index contributed by atoms with van der Waals surface area (Å²) in [6.07, 6.45) is 16.6. The number of hydrogen-bond acceptors (Lipinski definition) is 1. The zero-order valence-electron chi connectivity index (χ0n) is 17.4. The fraction of sp³-hybridized carbons (Fsp3) is 0.296. The highest BCUT2D eigenvalue weighted by atomic mass is 14.8. The van der Waals surface area contributed by atoms with Crippen LogP contribution in [0.1, 0.15) is 67.9 Å². The van der Waals surface area contributed by atoms with Crippen molar-refractivity contribution in [1.29, 1.82) is 0 Å². The molecule has 0 aliphatic heterocycles. The highest BCUT2D eigenvalue weighted by Gasteiger charge is 2.08. The van der Waals surface area contributed by atoms with Crippen molar-refractivity contribution in [1.82, 2.24) is 0 Å². The van der Waals surface area contributed by atoms with Crippen LogP contribution in [-0.4, -0.2) is 5.71 Å². The molecule has 1 nitrogen and oxygen atoms in total. The van der Waals surface area contributed by atoms with Crippen LogP contribution in [0.4, 0.5) is 0 Å². The molecule has 0 atom stereocenters. The van der Waals surface area contributed by atoms with Crippen LogP contribution in [0.25, 0.3) is 12.2 Å². The maximum Gasteiger partial charge on any atom is 0.0448 e. The molecule has 1 heteroatoms. The summed E-state index contributed by atoms with van der Waals surface area (Å²) >= 11 is 0. The normalized spacial score (nSPS) is 18.8. The Morgan fingerprint density at radius 3 is 2.36 bits per heavy atom. The molecule has 0 spiro atoms. The van der Waals surface area contributed by atoms with E-state index in [0.29, 0.717) is 0 Å². The molecule has 2 aliphatic carbocycles. The lowest BCUT2D eigenvalue weighted by molar-refractivity contribution is 0.952. The molecule has 0 aromatic heterocycles. The smallest absolute Gasteiger partial charge is 0.0448 e. The Morgan fingerprint density at radius 2 is 1.54 bits per heavy atom. The molecule has 4 rings (SSSR count). The van der Waals surface area contributed by atoms with Gasteiger partial charge in [-0.05, 0) is 72.9 Å². The van der Waals surface area contributed by atoms with E-state index >= 15 is 0 Å². The Kier molecular flexibility index (Phi) is 7.19. The maximum atomic E-state index is 5.00. The van der Waals surface area contributed by atoms with Gasteiger partial charge in [-0.15, -0.1) is 0 Å². The molecular formula is C27H31N. The van der Waals surface area contributed by atoms with Crippen LogP contribution >= 0.6 is 0 Å². The van der Waals surface area contributed by atoms with E-state index in [2.05, 4.69) is 79.8 Å². The molecule has 0 N–H and O–H groups in total. The minimum Gasteiger partial charge on any atom is -0.258 e. The second-order valence-electron chi connectivity index (χ2n) is 7.09. The summed E-state index contributed by atoms with van der Waals surface area (Å²) in [5, 5.41) is 0. The van der Waals surface area contributed by atoms with Gasteiger partial charge in [0.15, 0.2) is 0 Å². The van der Waals surface area contributed by atoms with Crippen molar-refractivity contribution in [2.75, 3.05) is 0 Å². The number of allylic oxidation sites excluding steroid dienone is 4. The predicted octanol–water partition coefficient (Wildman–Crippen LogP) is 7.41. The van der Waals surface area contributed by atoms with E-state index in [-0.39, 0.29) is 0 Å². The first-order valence-corrected chi connectivity index (χ1v) is 10.6. The van der Waals surface area contributed by atoms with Gasteiger partial charge in [-0.3, -0.25) is 4.99 Å². The van der Waals surface area contributed by atoms with E-state index in [9.17, 15) is 0 Å². The van der Waals surface area contributed by atoms with Crippen molar-refractivity contribution >= 4 is 17.9 Å². The molecule has 2 aromatic carbocycles. The number of hydrogen-bond donors (Lipinski definition) is 0. The van der Waals surface area contributed by atoms with Crippen molar-refractivity contribution in [3.63, 3.8) is 0 Å². The fourth-order valence-corrected chi connectivity index (χ4v) is 3.69. The number of rotatable bonds is 2. The van der Waals surface area contributed by atoms with Gasteiger partial charge in [-0.25, -0.2) is 0 Å². The molecule has 0 unspecified atom stereocenters. The first-order valence-electron chi connectivity index (χ1n) is 10.6. The first-order chi connectivity index (χ1) is 13.8. The van der Waals surface area contributed by atoms with Crippen LogP contribution in [0.15, 0.2) is 71.4 Å². The first kappa shape index (κ1) is 20.1. The molecule has 0 heterocycles. The molecule has 0 saturated carbocycles. The van der Waals surface area contributed by atoms with Gasteiger partial charge < -0.3 is 0 Å². The van der Waals surface area contributed by atoms with Crippen molar-refractivity contribution in [2.45, 2.75) is 52.9 Å². The van der Waals surface area contributed by atoms with Gasteiger partial charge in [0.2, 0.25) is 0 Å². The van der Waals surface area contributed by atoms with Crippen LogP contribution in [0.2, 0.25) is 0 Å². The van der Waals surface area contributed by atoms with Crippen LogP contribution in [0.5, 0.6) is 0 Å². The highest BCUT2D eigenvalue weighted by Crippen LogP contribution is 2.22. The zero-order valence-corrected chi connectivity index (χ0v) is 17.4. The predicted molar refractivity (Wildman–Crippen MR) is 124 cm³/mol. The molecular weight excluding hydrogens is 338 g/mol. The second kappa shape index (κ2) is 10.0. The van der Waals surface area contributed by atoms with E-state index in [0.717, 1.165) is 37.8 Å². The van der Waals surface area contributed by atoms with E-state index in [1.54, 1.807) is 0 Å². The second-order valence-corrected chi connectivity index (χ2v) is 7.09. The number of aryl methyl sites for hydroxylation is 1. The molecule has 0 fully saturated rings. The van der Waals surface area contributed by atoms with Gasteiger partial charge >= 0.3 is 0 Å². The number of nitrogens with zero attached hydrogens (tertiary/aromatic N) is 1. The molecule has 0 bridgehead atoms. The van der Waals surface area contributed by atoms with Crippen molar-refractivity contribution in [2.24, 2.45) is 4.99 Å². The van der Waals surface area contributed by atoms with E-state index < -0.39 is 0 Å². The summed E-state index contributed by atoms with van der Waals surface area (Å²) in [6.45, 7) is 6.14. The molecule has 144 valence electrons. The summed E-state index contributed by atoms with van der Waals surface area (Å²) in [5.74, 6) is 0. The Balaban J connectivity index is 0.00000109. The van der Waals surface area contributed by atoms with Crippen LogP contribution in [0.3, 0.4) is 0 Å². The van der Waals surface area contributed by atoms with Crippen LogP contribution < -0.4 is 0 Å². The third kappa shape index (κ3) is 4.98. The molecule has 28 heavy (non-hydrogen) atoms. The summed E-state index contributed by atoms with van der Waals surface area (Å²) in [7, 11) is 0. The van der Waals surface area contributed by atoms with Gasteiger partial charge in [0.1, 0.15) is 0 Å². The average Bonchev–Trinajstić information content (AvgIpc) is 2.85. The van der Waals surface area contributed by atoms with Gasteiger partial charge in [0.05, 0.1) is 0 Å². The lowest BCUT2D eigenvalue weighted by atomic mass is 9.94. The van der Waals surface area contributed by atoms with Gasteiger partial charge in [0.25, 0.3) is 0 Å². The number of fused-ring (bicyclic) bond motifs is 2. The van der Waals surface area contributed by atoms with E-state index in [1.807, 2.05) is 13.8 Å². The van der Waals surface area contributed by atoms with Gasteiger partial charge in [-0.1, -0.05) is 80.6 Å². The summed E-state index contributed by atoms with van der Waals surface area (Å²) in [6, 6.07) is 15.4. The highest BCUT2D eigenvalue weighted by molar-refractivity contribution is 5.99. The van der Waals surface area contributed by atoms with Gasteiger partial charge in [-0.2, -0.15) is 0 Å². The summed E-state index contributed by atoms with van der Waals surface area (Å²) in [4.78, 5) is 5.00. The third-order valence-electron chi connectivity index (χ3n) is 5.23. The Labute approximate surface area is 170 Å². The van der Waals surface area contributed by atoms with Crippen molar-refractivity contribution < 1.29 is 0 Å². The fourth-order valence-electron chi connectivity index (χ4n) is 3.69. The maximum absolute atomic E-state index is 5.00. The minimum absolute atomic E-state index is 0.946. The Hall–Kier alpha value is -2.67. The molecule has 2 aliphatic rings. The number of benzene rings is 2. The Bertz CT molecular complexity index is 925. The van der Waals surface area contributed by atoms with Crippen LogP contribution in [-0.2, 0) is 12.8 Å². The van der Waals surface area contributed by atoms with Crippen LogP contribution in [0, 0.1) is 0 Å². The van der Waals surface area contributed by atoms with Crippen molar-refractivity contribution in [3.05, 3.63) is 94.2 Å². The van der Waals surface area contributed by atoms with E-state index in [4.69, 9.17) is 4.99 Å². The summed E-state index contributed by atoms with van der Waals surface area (Å²) in [5.41, 5.74) is 9.06. The third-order valence-corrected chi connectivity index (χ3v) is 5.23. The van der Waals surface area contributed by atoms with Gasteiger partial charge in [0, 0.05) is 11.4 Å². The van der Waals surface area contributed by atoms with E-state index in [1.165, 1.54) is 33.5 Å². The lowest BCUT2D eigenvalue weighted by Crippen LogP contribution is -2.01. The average molecular weight is 370 g/mol. The SMILES string of the molecule is CC.CC(=N/C1=C\Cc2ccccc2/C=C/CC1)c1ccc2c(c1)CCC=C2. The standard InChI is InChI=1S/C25H25N.C2H6/c1-19(23-15-14-22-11-4-5-12-24(22)18-23)26-25-13-7-6-9-20-8-2-3-10-21(20)16-17-25;1-2/h2-4,6,8-11,14-15,17-18H,5,7,12-13,16H2,1H3;1-2H3/b9-6+,25-17-,26-19?;. The molecule has 0 radical (unpaired) electrons. The Morgan fingerprint density at radius 1 is 0.821 bits per heavy atom. The largest absolute Gasteiger partial charge is 0.258 e. The molecule has 0 amide bonds. The molecule has 0 saturated heterocycles.